The van der Waals surface area contributed by atoms with Crippen LogP contribution in [-0.4, -0.2) is 37.7 Å². The number of rotatable bonds is 7. The van der Waals surface area contributed by atoms with Crippen molar-refractivity contribution in [2.24, 2.45) is 0 Å². The van der Waals surface area contributed by atoms with E-state index in [1.807, 2.05) is 18.2 Å². The van der Waals surface area contributed by atoms with Gasteiger partial charge >= 0.3 is 0 Å². The van der Waals surface area contributed by atoms with E-state index in [2.05, 4.69) is 31.2 Å². The van der Waals surface area contributed by atoms with Crippen LogP contribution in [0.4, 0.5) is 11.4 Å². The van der Waals surface area contributed by atoms with Gasteiger partial charge in [-0.3, -0.25) is 0 Å². The molecule has 0 aromatic heterocycles. The van der Waals surface area contributed by atoms with Crippen molar-refractivity contribution in [2.75, 3.05) is 38.3 Å². The number of nitrogens with zero attached hydrogens (tertiary/aromatic N) is 1. The highest BCUT2D eigenvalue weighted by molar-refractivity contribution is 5.61. The number of nitrogen functional groups attached to an aromatic ring is 1. The number of hydrogen-bond acceptors (Lipinski definition) is 4. The van der Waals surface area contributed by atoms with Crippen LogP contribution in [0.5, 0.6) is 5.75 Å². The molecule has 0 spiro atoms. The average Bonchev–Trinajstić information content (AvgIpc) is 2.95. The van der Waals surface area contributed by atoms with Crippen LogP contribution in [0, 0.1) is 0 Å². The molecule has 1 aromatic rings. The molecule has 0 amide bonds. The third-order valence-corrected chi connectivity index (χ3v) is 4.58. The number of hydrogen-bond donors (Lipinski definition) is 2. The Morgan fingerprint density at radius 1 is 1.29 bits per heavy atom. The predicted molar refractivity (Wildman–Crippen MR) is 90.0 cm³/mol. The van der Waals surface area contributed by atoms with Gasteiger partial charge in [0, 0.05) is 23.8 Å². The molecule has 1 aromatic carbocycles. The minimum atomic E-state index is 0.284. The van der Waals surface area contributed by atoms with E-state index in [4.69, 9.17) is 10.5 Å². The van der Waals surface area contributed by atoms with Crippen LogP contribution < -0.4 is 15.8 Å². The van der Waals surface area contributed by atoms with E-state index in [0.29, 0.717) is 12.3 Å². The average molecular weight is 291 g/mol. The SMILES string of the molecule is CCCOc1cc(NCC2(N(C)C)CCCC2)ccc1N. The summed E-state index contributed by atoms with van der Waals surface area (Å²) in [5, 5.41) is 3.58. The summed E-state index contributed by atoms with van der Waals surface area (Å²) in [5.41, 5.74) is 8.04. The van der Waals surface area contributed by atoms with Crippen molar-refractivity contribution in [2.45, 2.75) is 44.6 Å². The zero-order valence-corrected chi connectivity index (χ0v) is 13.6. The van der Waals surface area contributed by atoms with Crippen molar-refractivity contribution < 1.29 is 4.74 Å². The number of benzene rings is 1. The smallest absolute Gasteiger partial charge is 0.144 e. The van der Waals surface area contributed by atoms with Gasteiger partial charge in [0.2, 0.25) is 0 Å². The van der Waals surface area contributed by atoms with Gasteiger partial charge in [-0.25, -0.2) is 0 Å². The topological polar surface area (TPSA) is 50.5 Å². The molecule has 4 nitrogen and oxygen atoms in total. The number of likely N-dealkylation sites (N-methyl/N-ethyl adjacent to an activating group) is 1. The van der Waals surface area contributed by atoms with Crippen LogP contribution in [0.15, 0.2) is 18.2 Å². The molecule has 118 valence electrons. The van der Waals surface area contributed by atoms with E-state index in [-0.39, 0.29) is 5.54 Å². The van der Waals surface area contributed by atoms with Gasteiger partial charge in [-0.05, 0) is 45.5 Å². The quantitative estimate of drug-likeness (QED) is 0.757. The second kappa shape index (κ2) is 7.03. The van der Waals surface area contributed by atoms with Crippen LogP contribution in [-0.2, 0) is 0 Å². The standard InChI is InChI=1S/C17H29N3O/c1-4-11-21-16-12-14(7-8-15(16)18)19-13-17(20(2)3)9-5-6-10-17/h7-8,12,19H,4-6,9-11,13,18H2,1-3H3. The van der Waals surface area contributed by atoms with Gasteiger partial charge in [-0.2, -0.15) is 0 Å². The van der Waals surface area contributed by atoms with Crippen molar-refractivity contribution in [3.63, 3.8) is 0 Å². The molecule has 0 bridgehead atoms. The monoisotopic (exact) mass is 291 g/mol. The van der Waals surface area contributed by atoms with Gasteiger partial charge in [0.15, 0.2) is 0 Å². The lowest BCUT2D eigenvalue weighted by atomic mass is 9.96. The van der Waals surface area contributed by atoms with E-state index < -0.39 is 0 Å². The lowest BCUT2D eigenvalue weighted by molar-refractivity contribution is 0.172. The van der Waals surface area contributed by atoms with Crippen LogP contribution in [0.3, 0.4) is 0 Å². The summed E-state index contributed by atoms with van der Waals surface area (Å²) in [6, 6.07) is 5.97. The van der Waals surface area contributed by atoms with E-state index >= 15 is 0 Å². The highest BCUT2D eigenvalue weighted by atomic mass is 16.5. The zero-order chi connectivity index (χ0) is 15.3. The van der Waals surface area contributed by atoms with E-state index in [0.717, 1.165) is 24.4 Å². The molecule has 1 fully saturated rings. The van der Waals surface area contributed by atoms with Crippen molar-refractivity contribution >= 4 is 11.4 Å². The van der Waals surface area contributed by atoms with Crippen LogP contribution in [0.1, 0.15) is 39.0 Å². The molecule has 0 aliphatic heterocycles. The van der Waals surface area contributed by atoms with Gasteiger partial charge in [0.05, 0.1) is 12.3 Å². The maximum Gasteiger partial charge on any atom is 0.144 e. The maximum absolute atomic E-state index is 5.96. The number of anilines is 2. The van der Waals surface area contributed by atoms with Crippen molar-refractivity contribution in [1.29, 1.82) is 0 Å². The molecule has 21 heavy (non-hydrogen) atoms. The van der Waals surface area contributed by atoms with Crippen molar-refractivity contribution in [3.8, 4) is 5.75 Å². The first kappa shape index (κ1) is 16.0. The molecule has 0 heterocycles. The highest BCUT2D eigenvalue weighted by Gasteiger charge is 2.35. The molecule has 1 aliphatic carbocycles. The lowest BCUT2D eigenvalue weighted by Crippen LogP contribution is -2.47. The molecule has 0 unspecified atom stereocenters. The van der Waals surface area contributed by atoms with Gasteiger partial charge in [0.1, 0.15) is 5.75 Å². The Kier molecular flexibility index (Phi) is 5.34. The van der Waals surface area contributed by atoms with Gasteiger partial charge in [-0.15, -0.1) is 0 Å². The Labute approximate surface area is 128 Å². The molecule has 1 aliphatic rings. The Morgan fingerprint density at radius 3 is 2.62 bits per heavy atom. The second-order valence-electron chi connectivity index (χ2n) is 6.28. The normalized spacial score (nSPS) is 17.1. The maximum atomic E-state index is 5.96. The fourth-order valence-corrected chi connectivity index (χ4v) is 3.06. The third-order valence-electron chi connectivity index (χ3n) is 4.58. The Balaban J connectivity index is 2.02. The predicted octanol–water partition coefficient (Wildman–Crippen LogP) is 3.34. The fourth-order valence-electron chi connectivity index (χ4n) is 3.06. The molecule has 2 rings (SSSR count). The summed E-state index contributed by atoms with van der Waals surface area (Å²) < 4.78 is 5.70. The van der Waals surface area contributed by atoms with Crippen LogP contribution >= 0.6 is 0 Å². The number of ether oxygens (including phenoxy) is 1. The summed E-state index contributed by atoms with van der Waals surface area (Å²) in [7, 11) is 4.37. The Morgan fingerprint density at radius 2 is 2.00 bits per heavy atom. The molecule has 0 radical (unpaired) electrons. The molecular formula is C17H29N3O. The van der Waals surface area contributed by atoms with Gasteiger partial charge in [0.25, 0.3) is 0 Å². The molecule has 4 heteroatoms. The molecule has 0 atom stereocenters. The minimum absolute atomic E-state index is 0.284. The minimum Gasteiger partial charge on any atom is -0.491 e. The van der Waals surface area contributed by atoms with E-state index in [1.54, 1.807) is 0 Å². The zero-order valence-electron chi connectivity index (χ0n) is 13.6. The number of nitrogens with one attached hydrogen (secondary N) is 1. The van der Waals surface area contributed by atoms with Gasteiger partial charge < -0.3 is 20.7 Å². The van der Waals surface area contributed by atoms with E-state index in [9.17, 15) is 0 Å². The first-order valence-corrected chi connectivity index (χ1v) is 8.01. The van der Waals surface area contributed by atoms with Crippen molar-refractivity contribution in [3.05, 3.63) is 18.2 Å². The van der Waals surface area contributed by atoms with E-state index in [1.165, 1.54) is 25.7 Å². The lowest BCUT2D eigenvalue weighted by Gasteiger charge is -2.36. The summed E-state index contributed by atoms with van der Waals surface area (Å²) in [5.74, 6) is 0.784. The molecule has 3 N–H and O–H groups in total. The first-order valence-electron chi connectivity index (χ1n) is 8.01. The summed E-state index contributed by atoms with van der Waals surface area (Å²) in [6.45, 7) is 3.77. The largest absolute Gasteiger partial charge is 0.491 e. The molecule has 0 saturated heterocycles. The molecule has 1 saturated carbocycles. The van der Waals surface area contributed by atoms with Crippen LogP contribution in [0.2, 0.25) is 0 Å². The number of nitrogens with two attached hydrogens (primary N) is 1. The highest BCUT2D eigenvalue weighted by Crippen LogP contribution is 2.34. The van der Waals surface area contributed by atoms with Crippen LogP contribution in [0.25, 0.3) is 0 Å². The first-order chi connectivity index (χ1) is 10.1. The van der Waals surface area contributed by atoms with Crippen molar-refractivity contribution in [1.82, 2.24) is 4.90 Å². The summed E-state index contributed by atoms with van der Waals surface area (Å²) in [6.07, 6.45) is 6.17. The van der Waals surface area contributed by atoms with Gasteiger partial charge in [-0.1, -0.05) is 19.8 Å². The summed E-state index contributed by atoms with van der Waals surface area (Å²) in [4.78, 5) is 2.37. The third kappa shape index (κ3) is 3.82. The summed E-state index contributed by atoms with van der Waals surface area (Å²) >= 11 is 0. The fraction of sp³-hybridized carbons (Fsp3) is 0.647. The Bertz CT molecular complexity index is 453. The second-order valence-corrected chi connectivity index (χ2v) is 6.28. The Hall–Kier alpha value is -1.42. The molecular weight excluding hydrogens is 262 g/mol.